The Morgan fingerprint density at radius 3 is 2.00 bits per heavy atom. The Morgan fingerprint density at radius 2 is 1.56 bits per heavy atom. The lowest BCUT2D eigenvalue weighted by Gasteiger charge is -2.21. The molecule has 1 fully saturated rings. The number of esters is 2. The van der Waals surface area contributed by atoms with Gasteiger partial charge in [0.2, 0.25) is 0 Å². The molecule has 6 nitrogen and oxygen atoms in total. The number of carbonyl (C=O) groups excluding carboxylic acids is 2. The fourth-order valence-corrected chi connectivity index (χ4v) is 1.65. The van der Waals surface area contributed by atoms with E-state index in [0.29, 0.717) is 0 Å². The van der Waals surface area contributed by atoms with Crippen LogP contribution in [0.4, 0.5) is 0 Å². The van der Waals surface area contributed by atoms with E-state index in [1.54, 1.807) is 6.92 Å². The number of methoxy groups -OCH3 is 1. The standard InChI is InChI=1S/C10H16O6/c1-5-8(15-6(2)11)9(16-7(3)12)10(13-4)14-5/h5,8-10H,1-4H3/t5-,8-,9-,10+/m1/s1. The normalized spacial score (nSPS) is 33.5. The summed E-state index contributed by atoms with van der Waals surface area (Å²) >= 11 is 0. The molecule has 6 heteroatoms. The first-order valence-electron chi connectivity index (χ1n) is 4.98. The lowest BCUT2D eigenvalue weighted by Crippen LogP contribution is -2.39. The zero-order valence-electron chi connectivity index (χ0n) is 9.76. The third-order valence-corrected chi connectivity index (χ3v) is 2.24. The van der Waals surface area contributed by atoms with E-state index in [2.05, 4.69) is 0 Å². The van der Waals surface area contributed by atoms with Crippen molar-refractivity contribution in [2.75, 3.05) is 7.11 Å². The van der Waals surface area contributed by atoms with E-state index in [1.165, 1.54) is 21.0 Å². The monoisotopic (exact) mass is 232 g/mol. The minimum Gasteiger partial charge on any atom is -0.456 e. The van der Waals surface area contributed by atoms with Crippen LogP contribution < -0.4 is 0 Å². The second-order valence-corrected chi connectivity index (χ2v) is 3.59. The van der Waals surface area contributed by atoms with E-state index in [0.717, 1.165) is 0 Å². The van der Waals surface area contributed by atoms with Crippen LogP contribution in [0.15, 0.2) is 0 Å². The third-order valence-electron chi connectivity index (χ3n) is 2.24. The number of hydrogen-bond donors (Lipinski definition) is 0. The van der Waals surface area contributed by atoms with Gasteiger partial charge in [0.05, 0.1) is 6.10 Å². The summed E-state index contributed by atoms with van der Waals surface area (Å²) in [6, 6.07) is 0. The molecule has 0 bridgehead atoms. The molecule has 1 rings (SSSR count). The maximum absolute atomic E-state index is 10.9. The van der Waals surface area contributed by atoms with Gasteiger partial charge in [-0.3, -0.25) is 9.59 Å². The van der Waals surface area contributed by atoms with Gasteiger partial charge in [-0.05, 0) is 6.92 Å². The Kier molecular flexibility index (Phi) is 4.26. The zero-order valence-corrected chi connectivity index (χ0v) is 9.76. The molecule has 0 aromatic rings. The van der Waals surface area contributed by atoms with Crippen molar-refractivity contribution in [3.63, 3.8) is 0 Å². The highest BCUT2D eigenvalue weighted by molar-refractivity contribution is 5.67. The van der Waals surface area contributed by atoms with Gasteiger partial charge in [-0.1, -0.05) is 0 Å². The van der Waals surface area contributed by atoms with Crippen LogP contribution in [0, 0.1) is 0 Å². The minimum atomic E-state index is -0.721. The van der Waals surface area contributed by atoms with Gasteiger partial charge in [0.1, 0.15) is 0 Å². The molecule has 4 atom stereocenters. The second kappa shape index (κ2) is 5.27. The van der Waals surface area contributed by atoms with E-state index in [4.69, 9.17) is 18.9 Å². The summed E-state index contributed by atoms with van der Waals surface area (Å²) in [6.07, 6.45) is -2.44. The number of ether oxygens (including phenoxy) is 4. The molecular formula is C10H16O6. The molecular weight excluding hydrogens is 216 g/mol. The number of hydrogen-bond acceptors (Lipinski definition) is 6. The molecule has 0 amide bonds. The topological polar surface area (TPSA) is 71.1 Å². The molecule has 0 aromatic heterocycles. The van der Waals surface area contributed by atoms with E-state index < -0.39 is 30.4 Å². The van der Waals surface area contributed by atoms with Crippen LogP contribution in [0.3, 0.4) is 0 Å². The Labute approximate surface area is 93.8 Å². The Morgan fingerprint density at radius 1 is 1.06 bits per heavy atom. The minimum absolute atomic E-state index is 0.377. The molecule has 1 heterocycles. The average molecular weight is 232 g/mol. The Hall–Kier alpha value is -1.14. The molecule has 0 radical (unpaired) electrons. The van der Waals surface area contributed by atoms with Gasteiger partial charge < -0.3 is 18.9 Å². The van der Waals surface area contributed by atoms with E-state index in [-0.39, 0.29) is 6.10 Å². The van der Waals surface area contributed by atoms with E-state index in [9.17, 15) is 9.59 Å². The van der Waals surface area contributed by atoms with Crippen molar-refractivity contribution in [3.8, 4) is 0 Å². The summed E-state index contributed by atoms with van der Waals surface area (Å²) in [5.74, 6) is -0.920. The quantitative estimate of drug-likeness (QED) is 0.649. The summed E-state index contributed by atoms with van der Waals surface area (Å²) < 4.78 is 20.5. The molecule has 0 N–H and O–H groups in total. The van der Waals surface area contributed by atoms with Crippen molar-refractivity contribution < 1.29 is 28.5 Å². The molecule has 1 saturated heterocycles. The molecule has 92 valence electrons. The van der Waals surface area contributed by atoms with Gasteiger partial charge in [-0.25, -0.2) is 0 Å². The number of carbonyl (C=O) groups is 2. The van der Waals surface area contributed by atoms with Gasteiger partial charge in [-0.15, -0.1) is 0 Å². The first-order chi connectivity index (χ1) is 7.45. The van der Waals surface area contributed by atoms with Crippen LogP contribution in [0.5, 0.6) is 0 Å². The first kappa shape index (κ1) is 12.9. The fourth-order valence-electron chi connectivity index (χ4n) is 1.65. The average Bonchev–Trinajstić information content (AvgIpc) is 2.44. The van der Waals surface area contributed by atoms with Crippen molar-refractivity contribution in [1.82, 2.24) is 0 Å². The lowest BCUT2D eigenvalue weighted by atomic mass is 10.1. The van der Waals surface area contributed by atoms with Crippen molar-refractivity contribution in [2.24, 2.45) is 0 Å². The van der Waals surface area contributed by atoms with Gasteiger partial charge in [0.15, 0.2) is 18.5 Å². The maximum atomic E-state index is 10.9. The van der Waals surface area contributed by atoms with Crippen molar-refractivity contribution >= 4 is 11.9 Å². The molecule has 1 aliphatic rings. The molecule has 0 saturated carbocycles. The molecule has 16 heavy (non-hydrogen) atoms. The van der Waals surface area contributed by atoms with Crippen molar-refractivity contribution in [2.45, 2.75) is 45.4 Å². The number of rotatable bonds is 3. The third kappa shape index (κ3) is 2.93. The second-order valence-electron chi connectivity index (χ2n) is 3.59. The zero-order chi connectivity index (χ0) is 12.3. The van der Waals surface area contributed by atoms with E-state index in [1.807, 2.05) is 0 Å². The Bertz CT molecular complexity index is 276. The van der Waals surface area contributed by atoms with Crippen molar-refractivity contribution in [1.29, 1.82) is 0 Å². The largest absolute Gasteiger partial charge is 0.456 e. The van der Waals surface area contributed by atoms with Gasteiger partial charge in [-0.2, -0.15) is 0 Å². The van der Waals surface area contributed by atoms with Crippen LogP contribution >= 0.6 is 0 Å². The molecule has 0 spiro atoms. The lowest BCUT2D eigenvalue weighted by molar-refractivity contribution is -0.180. The first-order valence-corrected chi connectivity index (χ1v) is 4.98. The van der Waals surface area contributed by atoms with E-state index >= 15 is 0 Å². The summed E-state index contributed by atoms with van der Waals surface area (Å²) in [6.45, 7) is 4.29. The Balaban J connectivity index is 2.76. The summed E-state index contributed by atoms with van der Waals surface area (Å²) in [4.78, 5) is 21.8. The van der Waals surface area contributed by atoms with Gasteiger partial charge >= 0.3 is 11.9 Å². The van der Waals surface area contributed by atoms with Gasteiger partial charge in [0, 0.05) is 21.0 Å². The summed E-state index contributed by atoms with van der Waals surface area (Å²) in [5, 5.41) is 0. The highest BCUT2D eigenvalue weighted by Crippen LogP contribution is 2.27. The highest BCUT2D eigenvalue weighted by atomic mass is 16.7. The van der Waals surface area contributed by atoms with Crippen molar-refractivity contribution in [3.05, 3.63) is 0 Å². The SMILES string of the molecule is CO[C@H]1O[C@H](C)[C@@H](OC(C)=O)[C@H]1OC(C)=O. The molecule has 0 aliphatic carbocycles. The molecule has 0 aromatic carbocycles. The highest BCUT2D eigenvalue weighted by Gasteiger charge is 2.47. The fraction of sp³-hybridized carbons (Fsp3) is 0.800. The molecule has 1 aliphatic heterocycles. The predicted molar refractivity (Wildman–Crippen MR) is 52.5 cm³/mol. The van der Waals surface area contributed by atoms with Crippen LogP contribution in [0.2, 0.25) is 0 Å². The smallest absolute Gasteiger partial charge is 0.303 e. The van der Waals surface area contributed by atoms with Gasteiger partial charge in [0.25, 0.3) is 0 Å². The van der Waals surface area contributed by atoms with Crippen LogP contribution in [-0.4, -0.2) is 43.7 Å². The summed E-state index contributed by atoms with van der Waals surface area (Å²) in [7, 11) is 1.43. The van der Waals surface area contributed by atoms with Crippen LogP contribution in [-0.2, 0) is 28.5 Å². The predicted octanol–water partition coefficient (Wildman–Crippen LogP) is 0.241. The maximum Gasteiger partial charge on any atom is 0.303 e. The van der Waals surface area contributed by atoms with Crippen LogP contribution in [0.1, 0.15) is 20.8 Å². The summed E-state index contributed by atoms with van der Waals surface area (Å²) in [5.41, 5.74) is 0. The van der Waals surface area contributed by atoms with Crippen LogP contribution in [0.25, 0.3) is 0 Å². The molecule has 0 unspecified atom stereocenters.